The van der Waals surface area contributed by atoms with Crippen molar-refractivity contribution in [3.8, 4) is 5.75 Å². The van der Waals surface area contributed by atoms with Crippen LogP contribution in [0.4, 0.5) is 0 Å². The molecule has 0 amide bonds. The van der Waals surface area contributed by atoms with Crippen molar-refractivity contribution in [3.63, 3.8) is 0 Å². The Morgan fingerprint density at radius 1 is 1.08 bits per heavy atom. The van der Waals surface area contributed by atoms with Crippen molar-refractivity contribution in [1.29, 1.82) is 0 Å². The fourth-order valence-corrected chi connectivity index (χ4v) is 5.87. The summed E-state index contributed by atoms with van der Waals surface area (Å²) in [5.74, 6) is 1.27. The highest BCUT2D eigenvalue weighted by atomic mass is 32.2. The molecule has 6 nitrogen and oxygen atoms in total. The summed E-state index contributed by atoms with van der Waals surface area (Å²) in [5.41, 5.74) is 1.51. The third kappa shape index (κ3) is 14.0. The molecule has 0 unspecified atom stereocenters. The van der Waals surface area contributed by atoms with Gasteiger partial charge >= 0.3 is 0 Å². The smallest absolute Gasteiger partial charge is 0.185 e. The summed E-state index contributed by atoms with van der Waals surface area (Å²) in [6.07, 6.45) is 9.84. The van der Waals surface area contributed by atoms with Gasteiger partial charge in [0, 0.05) is 13.3 Å². The first-order valence-electron chi connectivity index (χ1n) is 13.8. The van der Waals surface area contributed by atoms with Gasteiger partial charge in [-0.15, -0.1) is 0 Å². The zero-order valence-electron chi connectivity index (χ0n) is 26.4. The molecule has 0 bridgehead atoms. The van der Waals surface area contributed by atoms with E-state index in [9.17, 15) is 4.21 Å². The Labute approximate surface area is 242 Å². The van der Waals surface area contributed by atoms with Gasteiger partial charge in [0.15, 0.2) is 8.32 Å². The van der Waals surface area contributed by atoms with Crippen LogP contribution in [0, 0.1) is 5.92 Å². The molecule has 0 heterocycles. The Kier molecular flexibility index (Phi) is 14.5. The van der Waals surface area contributed by atoms with Crippen LogP contribution in [0.3, 0.4) is 0 Å². The molecule has 0 aliphatic rings. The molecule has 0 spiro atoms. The van der Waals surface area contributed by atoms with E-state index in [1.54, 1.807) is 20.4 Å². The summed E-state index contributed by atoms with van der Waals surface area (Å²) in [6, 6.07) is 7.99. The van der Waals surface area contributed by atoms with Crippen molar-refractivity contribution in [3.05, 3.63) is 53.6 Å². The normalized spacial score (nSPS) is 18.2. The van der Waals surface area contributed by atoms with Crippen molar-refractivity contribution in [1.82, 2.24) is 0 Å². The maximum Gasteiger partial charge on any atom is 0.185 e. The van der Waals surface area contributed by atoms with E-state index in [2.05, 4.69) is 50.9 Å². The Morgan fingerprint density at radius 2 is 1.69 bits per heavy atom. The second kappa shape index (κ2) is 16.0. The topological polar surface area (TPSA) is 66.4 Å². The summed E-state index contributed by atoms with van der Waals surface area (Å²) in [4.78, 5) is 0. The van der Waals surface area contributed by atoms with Crippen LogP contribution in [0.15, 0.2) is 52.5 Å². The van der Waals surface area contributed by atoms with Crippen LogP contribution in [0.2, 0.25) is 19.6 Å². The van der Waals surface area contributed by atoms with Crippen LogP contribution in [0.1, 0.15) is 66.9 Å². The molecule has 0 radical (unpaired) electrons. The fraction of sp³-hybridized carbons (Fsp3) is 0.645. The number of benzene rings is 1. The first kappa shape index (κ1) is 35.4. The number of hydrogen-bond acceptors (Lipinski definition) is 5. The molecular formula is C31H53NO5SSi. The largest absolute Gasteiger partial charge is 0.497 e. The lowest BCUT2D eigenvalue weighted by atomic mass is 9.98. The molecule has 0 saturated heterocycles. The summed E-state index contributed by atoms with van der Waals surface area (Å²) in [7, 11) is 0.120. The molecule has 0 fully saturated rings. The third-order valence-electron chi connectivity index (χ3n) is 6.32. The summed E-state index contributed by atoms with van der Waals surface area (Å²) in [5, 5.41) is 0. The molecule has 0 aliphatic carbocycles. The fourth-order valence-electron chi connectivity index (χ4n) is 3.81. The maximum absolute atomic E-state index is 12.5. The summed E-state index contributed by atoms with van der Waals surface area (Å²) < 4.78 is 40.0. The molecule has 39 heavy (non-hydrogen) atoms. The zero-order valence-corrected chi connectivity index (χ0v) is 28.2. The van der Waals surface area contributed by atoms with Gasteiger partial charge in [0.25, 0.3) is 0 Å². The van der Waals surface area contributed by atoms with Gasteiger partial charge in [-0.25, -0.2) is 4.21 Å². The highest BCUT2D eigenvalue weighted by Gasteiger charge is 2.29. The molecule has 0 aliphatic heterocycles. The molecule has 5 atom stereocenters. The molecule has 0 N–H and O–H groups in total. The van der Waals surface area contributed by atoms with E-state index in [0.29, 0.717) is 12.5 Å². The third-order valence-corrected chi connectivity index (χ3v) is 8.72. The van der Waals surface area contributed by atoms with Gasteiger partial charge in [0.05, 0.1) is 30.7 Å². The Morgan fingerprint density at radius 3 is 2.21 bits per heavy atom. The van der Waals surface area contributed by atoms with Gasteiger partial charge in [0.2, 0.25) is 0 Å². The van der Waals surface area contributed by atoms with Crippen molar-refractivity contribution in [2.24, 2.45) is 10.3 Å². The molecule has 1 aromatic rings. The van der Waals surface area contributed by atoms with Gasteiger partial charge in [-0.2, -0.15) is 4.40 Å². The van der Waals surface area contributed by atoms with Crippen LogP contribution in [-0.2, 0) is 31.5 Å². The maximum atomic E-state index is 12.5. The predicted molar refractivity (Wildman–Crippen MR) is 169 cm³/mol. The molecule has 1 aromatic carbocycles. The predicted octanol–water partition coefficient (Wildman–Crippen LogP) is 7.68. The highest BCUT2D eigenvalue weighted by molar-refractivity contribution is 7.85. The summed E-state index contributed by atoms with van der Waals surface area (Å²) >= 11 is 0. The molecular weight excluding hydrogens is 526 g/mol. The minimum absolute atomic E-state index is 0.149. The first-order chi connectivity index (χ1) is 18.0. The van der Waals surface area contributed by atoms with Crippen LogP contribution < -0.4 is 4.74 Å². The highest BCUT2D eigenvalue weighted by Crippen LogP contribution is 2.22. The standard InChI is InChI=1S/C31H53NO5SSi/c1-24(26(3)36-22-27-16-18-28(34-8)19-17-27)14-13-15-25(2)29(35-9)20-21-31(7,37-39(10,11)12)23-32-38(33)30(4,5)6/h15-21,23-24,26,29H,13-14,22H2,1-12H3/b21-20+,25-15+,32-23+/t24-,26+,29-,31+,38-/m0/s1. The Bertz CT molecular complexity index is 978. The minimum Gasteiger partial charge on any atom is -0.497 e. The van der Waals surface area contributed by atoms with Crippen LogP contribution in [0.5, 0.6) is 5.75 Å². The van der Waals surface area contributed by atoms with Crippen LogP contribution >= 0.6 is 0 Å². The van der Waals surface area contributed by atoms with E-state index in [-0.39, 0.29) is 12.2 Å². The molecule has 0 saturated carbocycles. The number of rotatable bonds is 16. The molecule has 8 heteroatoms. The van der Waals surface area contributed by atoms with Gasteiger partial charge in [0.1, 0.15) is 22.3 Å². The molecule has 0 aromatic heterocycles. The summed E-state index contributed by atoms with van der Waals surface area (Å²) in [6.45, 7) is 21.2. The Hall–Kier alpha value is -1.58. The Balaban J connectivity index is 2.79. The van der Waals surface area contributed by atoms with E-state index < -0.39 is 29.7 Å². The van der Waals surface area contributed by atoms with Gasteiger partial charge in [-0.1, -0.05) is 31.2 Å². The first-order valence-corrected chi connectivity index (χ1v) is 18.3. The van der Waals surface area contributed by atoms with E-state index in [0.717, 1.165) is 29.7 Å². The SMILES string of the molecule is COc1ccc(CO[C@H](C)[C@@H](C)CC/C=C(\C)[C@H](/C=C/[C@](C)(/C=N/[S@@](=O)C(C)(C)C)O[Si](C)(C)C)OC)cc1. The number of allylic oxidation sites excluding steroid dienone is 1. The second-order valence-electron chi connectivity index (χ2n) is 12.4. The van der Waals surface area contributed by atoms with Crippen molar-refractivity contribution in [2.45, 2.75) is 110 Å². The second-order valence-corrected chi connectivity index (χ2v) is 18.7. The molecule has 222 valence electrons. The van der Waals surface area contributed by atoms with Crippen LogP contribution in [0.25, 0.3) is 0 Å². The van der Waals surface area contributed by atoms with Crippen molar-refractivity contribution >= 4 is 25.5 Å². The quantitative estimate of drug-likeness (QED) is 0.114. The number of nitrogens with zero attached hydrogens (tertiary/aromatic N) is 1. The number of hydrogen-bond donors (Lipinski definition) is 0. The van der Waals surface area contributed by atoms with Gasteiger partial charge < -0.3 is 18.6 Å². The number of methoxy groups -OCH3 is 2. The van der Waals surface area contributed by atoms with E-state index in [1.165, 1.54) is 0 Å². The van der Waals surface area contributed by atoms with E-state index in [1.807, 2.05) is 64.1 Å². The zero-order chi connectivity index (χ0) is 29.9. The van der Waals surface area contributed by atoms with E-state index in [4.69, 9.17) is 18.6 Å². The lowest BCUT2D eigenvalue weighted by Crippen LogP contribution is -2.41. The lowest BCUT2D eigenvalue weighted by Gasteiger charge is -2.31. The number of ether oxygens (including phenoxy) is 3. The minimum atomic E-state index is -1.91. The van der Waals surface area contributed by atoms with Crippen molar-refractivity contribution in [2.75, 3.05) is 14.2 Å². The lowest BCUT2D eigenvalue weighted by molar-refractivity contribution is 0.0163. The van der Waals surface area contributed by atoms with Crippen molar-refractivity contribution < 1.29 is 22.8 Å². The van der Waals surface area contributed by atoms with Gasteiger partial charge in [-0.05, 0) is 109 Å². The average molecular weight is 580 g/mol. The van der Waals surface area contributed by atoms with E-state index >= 15 is 0 Å². The van der Waals surface area contributed by atoms with Crippen LogP contribution in [-0.4, -0.2) is 55.5 Å². The van der Waals surface area contributed by atoms with Gasteiger partial charge in [-0.3, -0.25) is 0 Å². The average Bonchev–Trinajstić information content (AvgIpc) is 2.84. The monoisotopic (exact) mass is 579 g/mol. The molecule has 1 rings (SSSR count).